The maximum absolute atomic E-state index is 12.6. The minimum atomic E-state index is -0.960. The molecule has 1 atom stereocenters. The van der Waals surface area contributed by atoms with E-state index in [1.807, 2.05) is 0 Å². The van der Waals surface area contributed by atoms with Gasteiger partial charge in [0.25, 0.3) is 11.8 Å². The van der Waals surface area contributed by atoms with Crippen LogP contribution in [0.25, 0.3) is 0 Å². The molecule has 0 saturated carbocycles. The average Bonchev–Trinajstić information content (AvgIpc) is 2.53. The summed E-state index contributed by atoms with van der Waals surface area (Å²) in [6, 6.07) is 4.83. The Bertz CT molecular complexity index is 659. The number of ether oxygens (including phenoxy) is 2. The van der Waals surface area contributed by atoms with Crippen LogP contribution in [0.4, 0.5) is 5.69 Å². The van der Waals surface area contributed by atoms with Crippen LogP contribution in [0.1, 0.15) is 16.8 Å². The van der Waals surface area contributed by atoms with Gasteiger partial charge in [0.1, 0.15) is 5.75 Å². The van der Waals surface area contributed by atoms with Crippen LogP contribution in [0.5, 0.6) is 5.75 Å². The summed E-state index contributed by atoms with van der Waals surface area (Å²) in [4.78, 5) is 36.2. The molecule has 1 aromatic rings. The second-order valence-corrected chi connectivity index (χ2v) is 5.39. The molecule has 1 fully saturated rings. The van der Waals surface area contributed by atoms with Crippen molar-refractivity contribution >= 4 is 23.5 Å². The van der Waals surface area contributed by atoms with E-state index in [2.05, 4.69) is 5.32 Å². The zero-order valence-corrected chi connectivity index (χ0v) is 12.3. The molecule has 0 bridgehead atoms. The molecule has 0 aromatic heterocycles. The van der Waals surface area contributed by atoms with Gasteiger partial charge in [-0.25, -0.2) is 0 Å². The first kappa shape index (κ1) is 15.3. The van der Waals surface area contributed by atoms with Crippen molar-refractivity contribution in [3.63, 3.8) is 0 Å². The molecule has 0 unspecified atom stereocenters. The number of rotatable bonds is 3. The number of carboxylic acid groups (broad SMARTS) is 1. The van der Waals surface area contributed by atoms with Gasteiger partial charge in [0, 0.05) is 18.7 Å². The molecule has 1 aromatic carbocycles. The lowest BCUT2D eigenvalue weighted by Gasteiger charge is -2.32. The molecule has 2 aliphatic rings. The van der Waals surface area contributed by atoms with Crippen LogP contribution in [0.15, 0.2) is 18.2 Å². The number of amides is 2. The molecule has 2 N–H and O–H groups in total. The fourth-order valence-corrected chi connectivity index (χ4v) is 2.62. The Morgan fingerprint density at radius 3 is 3.00 bits per heavy atom. The molecule has 3 rings (SSSR count). The average molecular weight is 320 g/mol. The monoisotopic (exact) mass is 320 g/mol. The van der Waals surface area contributed by atoms with Gasteiger partial charge in [0.15, 0.2) is 6.61 Å². The molecular weight excluding hydrogens is 304 g/mol. The van der Waals surface area contributed by atoms with E-state index >= 15 is 0 Å². The van der Waals surface area contributed by atoms with Gasteiger partial charge in [-0.15, -0.1) is 0 Å². The third kappa shape index (κ3) is 3.42. The number of nitrogens with zero attached hydrogens (tertiary/aromatic N) is 1. The van der Waals surface area contributed by atoms with E-state index in [1.54, 1.807) is 23.1 Å². The Hall–Kier alpha value is -2.61. The number of aliphatic carboxylic acids is 1. The molecule has 0 aliphatic carbocycles. The molecule has 2 aliphatic heterocycles. The van der Waals surface area contributed by atoms with Gasteiger partial charge in [-0.1, -0.05) is 0 Å². The van der Waals surface area contributed by atoms with Gasteiger partial charge in [-0.2, -0.15) is 0 Å². The molecular formula is C15H16N2O6. The zero-order chi connectivity index (χ0) is 16.4. The zero-order valence-electron chi connectivity index (χ0n) is 12.3. The second-order valence-electron chi connectivity index (χ2n) is 5.39. The Balaban J connectivity index is 1.73. The smallest absolute Gasteiger partial charge is 0.306 e. The predicted octanol–water partition coefficient (Wildman–Crippen LogP) is 0.333. The highest BCUT2D eigenvalue weighted by Gasteiger charge is 2.27. The van der Waals surface area contributed by atoms with Crippen molar-refractivity contribution in [1.29, 1.82) is 0 Å². The van der Waals surface area contributed by atoms with E-state index in [0.29, 0.717) is 30.2 Å². The Kier molecular flexibility index (Phi) is 4.16. The molecule has 2 amide bonds. The summed E-state index contributed by atoms with van der Waals surface area (Å²) in [5, 5.41) is 11.5. The molecule has 8 nitrogen and oxygen atoms in total. The number of nitrogens with one attached hydrogen (secondary N) is 1. The fourth-order valence-electron chi connectivity index (χ4n) is 2.62. The first-order valence-corrected chi connectivity index (χ1v) is 7.22. The van der Waals surface area contributed by atoms with Crippen molar-refractivity contribution in [2.75, 3.05) is 31.6 Å². The molecule has 0 radical (unpaired) electrons. The normalized spacial score (nSPS) is 20.3. The van der Waals surface area contributed by atoms with Crippen molar-refractivity contribution in [2.24, 2.45) is 0 Å². The largest absolute Gasteiger partial charge is 0.482 e. The summed E-state index contributed by atoms with van der Waals surface area (Å²) in [5.74, 6) is -0.939. The van der Waals surface area contributed by atoms with E-state index < -0.39 is 12.1 Å². The number of carbonyl (C=O) groups is 3. The summed E-state index contributed by atoms with van der Waals surface area (Å²) >= 11 is 0. The highest BCUT2D eigenvalue weighted by molar-refractivity contribution is 5.99. The number of anilines is 1. The van der Waals surface area contributed by atoms with Gasteiger partial charge < -0.3 is 24.8 Å². The van der Waals surface area contributed by atoms with Crippen molar-refractivity contribution in [3.05, 3.63) is 23.8 Å². The number of hydrogen-bond donors (Lipinski definition) is 2. The third-order valence-electron chi connectivity index (χ3n) is 3.69. The predicted molar refractivity (Wildman–Crippen MR) is 78.5 cm³/mol. The standard InChI is InChI=1S/C15H16N2O6/c18-13-8-23-12-2-1-9(5-11(12)16-13)15(21)17-3-4-22-10(7-17)6-14(19)20/h1-2,5,10H,3-4,6-8H2,(H,16,18)(H,19,20)/t10-/m1/s1. The maximum Gasteiger partial charge on any atom is 0.306 e. The Morgan fingerprint density at radius 2 is 2.22 bits per heavy atom. The molecule has 1 saturated heterocycles. The third-order valence-corrected chi connectivity index (χ3v) is 3.69. The Labute approximate surface area is 132 Å². The first-order chi connectivity index (χ1) is 11.0. The van der Waals surface area contributed by atoms with Crippen LogP contribution in [0.3, 0.4) is 0 Å². The van der Waals surface area contributed by atoms with Crippen LogP contribution in [0, 0.1) is 0 Å². The Morgan fingerprint density at radius 1 is 1.39 bits per heavy atom. The summed E-state index contributed by atoms with van der Waals surface area (Å²) in [5.41, 5.74) is 0.868. The summed E-state index contributed by atoms with van der Waals surface area (Å²) in [6.45, 7) is 0.884. The lowest BCUT2D eigenvalue weighted by molar-refractivity contribution is -0.141. The number of fused-ring (bicyclic) bond motifs is 1. The summed E-state index contributed by atoms with van der Waals surface area (Å²) in [6.07, 6.45) is -0.649. The van der Waals surface area contributed by atoms with Crippen molar-refractivity contribution in [1.82, 2.24) is 4.90 Å². The number of hydrogen-bond acceptors (Lipinski definition) is 5. The van der Waals surface area contributed by atoms with Crippen molar-refractivity contribution in [2.45, 2.75) is 12.5 Å². The van der Waals surface area contributed by atoms with Crippen LogP contribution in [-0.2, 0) is 14.3 Å². The van der Waals surface area contributed by atoms with Gasteiger partial charge in [0.2, 0.25) is 0 Å². The van der Waals surface area contributed by atoms with Gasteiger partial charge >= 0.3 is 5.97 Å². The summed E-state index contributed by atoms with van der Waals surface area (Å²) in [7, 11) is 0. The fraction of sp³-hybridized carbons (Fsp3) is 0.400. The lowest BCUT2D eigenvalue weighted by atomic mass is 10.1. The van der Waals surface area contributed by atoms with Crippen LogP contribution in [0.2, 0.25) is 0 Å². The van der Waals surface area contributed by atoms with E-state index in [1.165, 1.54) is 0 Å². The number of morpholine rings is 1. The molecule has 23 heavy (non-hydrogen) atoms. The minimum Gasteiger partial charge on any atom is -0.482 e. The van der Waals surface area contributed by atoms with Gasteiger partial charge in [-0.3, -0.25) is 14.4 Å². The second kappa shape index (κ2) is 6.25. The summed E-state index contributed by atoms with van der Waals surface area (Å²) < 4.78 is 10.6. The van der Waals surface area contributed by atoms with Crippen LogP contribution in [-0.4, -0.2) is 60.2 Å². The number of carbonyl (C=O) groups excluding carboxylic acids is 2. The van der Waals surface area contributed by atoms with E-state index in [4.69, 9.17) is 14.6 Å². The maximum atomic E-state index is 12.6. The molecule has 8 heteroatoms. The highest BCUT2D eigenvalue weighted by atomic mass is 16.5. The lowest BCUT2D eigenvalue weighted by Crippen LogP contribution is -2.46. The quantitative estimate of drug-likeness (QED) is 0.832. The molecule has 122 valence electrons. The number of benzene rings is 1. The van der Waals surface area contributed by atoms with Crippen LogP contribution >= 0.6 is 0 Å². The van der Waals surface area contributed by atoms with Crippen molar-refractivity contribution < 1.29 is 29.0 Å². The van der Waals surface area contributed by atoms with Crippen LogP contribution < -0.4 is 10.1 Å². The van der Waals surface area contributed by atoms with E-state index in [9.17, 15) is 14.4 Å². The highest BCUT2D eigenvalue weighted by Crippen LogP contribution is 2.29. The van der Waals surface area contributed by atoms with E-state index in [-0.39, 0.29) is 31.4 Å². The SMILES string of the molecule is O=C(O)C[C@@H]1CN(C(=O)c2ccc3c(c2)NC(=O)CO3)CCO1. The minimum absolute atomic E-state index is 0.0410. The van der Waals surface area contributed by atoms with Crippen molar-refractivity contribution in [3.8, 4) is 5.75 Å². The number of carboxylic acids is 1. The first-order valence-electron chi connectivity index (χ1n) is 7.22. The molecule has 2 heterocycles. The van der Waals surface area contributed by atoms with Gasteiger partial charge in [0.05, 0.1) is 24.8 Å². The van der Waals surface area contributed by atoms with E-state index in [0.717, 1.165) is 0 Å². The van der Waals surface area contributed by atoms with Gasteiger partial charge in [-0.05, 0) is 18.2 Å². The molecule has 0 spiro atoms. The topological polar surface area (TPSA) is 105 Å².